The molecular weight excluding hydrogens is 514 g/mol. The number of carbonyl (C=O) groups excluding carboxylic acids is 1. The van der Waals surface area contributed by atoms with Crippen molar-refractivity contribution in [3.63, 3.8) is 0 Å². The standard InChI is InChI=1S/C27H31NO11/c1-10-22(31)13(28)6-17(38-10)39-15-8-27(36,16(30)9-29)7-12-19(15)26(35)21-20(24(12)33)23(32)11-4-3-5-14(37-2)18(11)25(21)34/h3-5,10,13,15,17,22,29,31-36H,6-9,28H2,1-2H3/t10?,13?,15-,17?,22?,27-/m0/s1. The van der Waals surface area contributed by atoms with E-state index < -0.39 is 84.5 Å². The number of nitrogens with two attached hydrogens (primary N) is 1. The highest BCUT2D eigenvalue weighted by Crippen LogP contribution is 2.57. The van der Waals surface area contributed by atoms with Gasteiger partial charge in [0, 0.05) is 41.8 Å². The smallest absolute Gasteiger partial charge is 0.190 e. The number of phenolic OH excluding ortho intramolecular Hbond substituents is 4. The Bertz CT molecular complexity index is 1460. The Morgan fingerprint density at radius 3 is 2.44 bits per heavy atom. The molecular formula is C27H31NO11. The quantitative estimate of drug-likeness (QED) is 0.166. The molecule has 0 bridgehead atoms. The zero-order valence-corrected chi connectivity index (χ0v) is 21.3. The maximum absolute atomic E-state index is 12.6. The number of aromatic hydroxyl groups is 4. The Hall–Kier alpha value is -3.39. The second kappa shape index (κ2) is 9.66. The summed E-state index contributed by atoms with van der Waals surface area (Å²) in [4.78, 5) is 12.6. The van der Waals surface area contributed by atoms with Gasteiger partial charge in [-0.2, -0.15) is 0 Å². The highest BCUT2D eigenvalue weighted by molar-refractivity contribution is 6.17. The number of ether oxygens (including phenoxy) is 3. The minimum atomic E-state index is -2.20. The van der Waals surface area contributed by atoms with E-state index in [2.05, 4.69) is 0 Å². The van der Waals surface area contributed by atoms with E-state index in [1.165, 1.54) is 13.2 Å². The highest BCUT2D eigenvalue weighted by atomic mass is 16.7. The maximum atomic E-state index is 12.6. The molecule has 0 spiro atoms. The predicted octanol–water partition coefficient (Wildman–Crippen LogP) is 0.944. The summed E-state index contributed by atoms with van der Waals surface area (Å²) in [6.45, 7) is 0.597. The van der Waals surface area contributed by atoms with Crippen molar-refractivity contribution < 1.29 is 54.8 Å². The van der Waals surface area contributed by atoms with Crippen LogP contribution in [-0.4, -0.2) is 85.4 Å². The first kappa shape index (κ1) is 27.2. The molecule has 1 heterocycles. The largest absolute Gasteiger partial charge is 0.507 e. The third-order valence-electron chi connectivity index (χ3n) is 7.84. The van der Waals surface area contributed by atoms with Crippen LogP contribution in [0.15, 0.2) is 18.2 Å². The van der Waals surface area contributed by atoms with E-state index in [9.17, 15) is 40.5 Å². The molecule has 0 amide bonds. The van der Waals surface area contributed by atoms with Crippen LogP contribution in [0.5, 0.6) is 28.7 Å². The van der Waals surface area contributed by atoms with E-state index in [0.29, 0.717) is 0 Å². The van der Waals surface area contributed by atoms with Gasteiger partial charge in [0.15, 0.2) is 12.1 Å². The fourth-order valence-electron chi connectivity index (χ4n) is 5.79. The molecule has 9 N–H and O–H groups in total. The van der Waals surface area contributed by atoms with Crippen LogP contribution in [0.25, 0.3) is 21.5 Å². The first-order valence-corrected chi connectivity index (χ1v) is 12.5. The van der Waals surface area contributed by atoms with E-state index in [0.717, 1.165) is 0 Å². The number of ketones is 1. The molecule has 3 aromatic rings. The van der Waals surface area contributed by atoms with Crippen LogP contribution >= 0.6 is 0 Å². The fourth-order valence-corrected chi connectivity index (χ4v) is 5.79. The number of benzene rings is 3. The Labute approximate surface area is 222 Å². The molecule has 0 saturated carbocycles. The molecule has 1 saturated heterocycles. The number of hydrogen-bond acceptors (Lipinski definition) is 12. The molecule has 6 atom stereocenters. The molecule has 1 aliphatic heterocycles. The predicted molar refractivity (Wildman–Crippen MR) is 137 cm³/mol. The second-order valence-electron chi connectivity index (χ2n) is 10.2. The van der Waals surface area contributed by atoms with Gasteiger partial charge in [0.1, 0.15) is 41.0 Å². The number of phenols is 4. The number of aliphatic hydroxyl groups excluding tert-OH is 2. The van der Waals surface area contributed by atoms with Gasteiger partial charge < -0.3 is 55.7 Å². The van der Waals surface area contributed by atoms with Crippen LogP contribution < -0.4 is 10.5 Å². The molecule has 12 nitrogen and oxygen atoms in total. The van der Waals surface area contributed by atoms with E-state index in [-0.39, 0.29) is 44.8 Å². The maximum Gasteiger partial charge on any atom is 0.190 e. The number of fused-ring (bicyclic) bond motifs is 3. The zero-order chi connectivity index (χ0) is 28.4. The van der Waals surface area contributed by atoms with E-state index in [4.69, 9.17) is 19.9 Å². The Morgan fingerprint density at radius 1 is 1.10 bits per heavy atom. The molecule has 0 radical (unpaired) electrons. The van der Waals surface area contributed by atoms with Crippen LogP contribution in [-0.2, 0) is 20.7 Å². The molecule has 39 heavy (non-hydrogen) atoms. The summed E-state index contributed by atoms with van der Waals surface area (Å²) in [7, 11) is 1.37. The molecule has 12 heteroatoms. The van der Waals surface area contributed by atoms with Crippen molar-refractivity contribution in [1.29, 1.82) is 0 Å². The summed E-state index contributed by atoms with van der Waals surface area (Å²) < 4.78 is 17.1. The van der Waals surface area contributed by atoms with Crippen LogP contribution in [0.3, 0.4) is 0 Å². The number of carbonyl (C=O) groups is 1. The zero-order valence-electron chi connectivity index (χ0n) is 21.3. The van der Waals surface area contributed by atoms with Crippen molar-refractivity contribution >= 4 is 27.3 Å². The molecule has 0 aromatic heterocycles. The molecule has 5 rings (SSSR count). The normalized spacial score (nSPS) is 28.9. The van der Waals surface area contributed by atoms with Crippen molar-refractivity contribution in [2.45, 2.75) is 62.4 Å². The fraction of sp³-hybridized carbons (Fsp3) is 0.444. The minimum absolute atomic E-state index is 0.0396. The Balaban J connectivity index is 1.77. The third kappa shape index (κ3) is 4.11. The van der Waals surface area contributed by atoms with Crippen LogP contribution in [0.4, 0.5) is 0 Å². The summed E-state index contributed by atoms with van der Waals surface area (Å²) in [6, 6.07) is 3.89. The van der Waals surface area contributed by atoms with Crippen LogP contribution in [0.2, 0.25) is 0 Å². The van der Waals surface area contributed by atoms with Crippen molar-refractivity contribution in [3.05, 3.63) is 29.3 Å². The van der Waals surface area contributed by atoms with Gasteiger partial charge in [-0.05, 0) is 13.0 Å². The molecule has 1 fully saturated rings. The molecule has 1 aliphatic carbocycles. The van der Waals surface area contributed by atoms with Gasteiger partial charge in [-0.15, -0.1) is 0 Å². The van der Waals surface area contributed by atoms with Gasteiger partial charge in [0.2, 0.25) is 0 Å². The number of aliphatic hydroxyl groups is 3. The average molecular weight is 546 g/mol. The van der Waals surface area contributed by atoms with Crippen molar-refractivity contribution in [3.8, 4) is 28.7 Å². The summed E-state index contributed by atoms with van der Waals surface area (Å²) in [5.41, 5.74) is 3.65. The van der Waals surface area contributed by atoms with Gasteiger partial charge in [-0.3, -0.25) is 4.79 Å². The summed E-state index contributed by atoms with van der Waals surface area (Å²) >= 11 is 0. The topological polar surface area (TPSA) is 212 Å². The Morgan fingerprint density at radius 2 is 1.79 bits per heavy atom. The summed E-state index contributed by atoms with van der Waals surface area (Å²) in [5, 5.41) is 75.9. The van der Waals surface area contributed by atoms with Gasteiger partial charge >= 0.3 is 0 Å². The minimum Gasteiger partial charge on any atom is -0.507 e. The summed E-state index contributed by atoms with van der Waals surface area (Å²) in [5.74, 6) is -2.86. The lowest BCUT2D eigenvalue weighted by atomic mass is 9.74. The van der Waals surface area contributed by atoms with Gasteiger partial charge in [-0.25, -0.2) is 0 Å². The van der Waals surface area contributed by atoms with Crippen LogP contribution in [0, 0.1) is 0 Å². The monoisotopic (exact) mass is 545 g/mol. The third-order valence-corrected chi connectivity index (χ3v) is 7.84. The highest BCUT2D eigenvalue weighted by Gasteiger charge is 2.48. The number of rotatable bonds is 5. The van der Waals surface area contributed by atoms with Crippen molar-refractivity contribution in [1.82, 2.24) is 0 Å². The lowest BCUT2D eigenvalue weighted by Gasteiger charge is -2.41. The number of Topliss-reactive ketones (excluding diaryl/α,β-unsaturated/α-hetero) is 1. The van der Waals surface area contributed by atoms with Crippen LogP contribution in [0.1, 0.15) is 37.0 Å². The second-order valence-corrected chi connectivity index (χ2v) is 10.2. The van der Waals surface area contributed by atoms with E-state index in [1.807, 2.05) is 0 Å². The summed E-state index contributed by atoms with van der Waals surface area (Å²) in [6.07, 6.45) is -4.91. The lowest BCUT2D eigenvalue weighted by molar-refractivity contribution is -0.247. The number of methoxy groups -OCH3 is 1. The van der Waals surface area contributed by atoms with Gasteiger partial charge in [-0.1, -0.05) is 12.1 Å². The van der Waals surface area contributed by atoms with E-state index >= 15 is 0 Å². The van der Waals surface area contributed by atoms with E-state index in [1.54, 1.807) is 19.1 Å². The van der Waals surface area contributed by atoms with Gasteiger partial charge in [0.05, 0.1) is 41.6 Å². The Kier molecular flexibility index (Phi) is 6.74. The first-order chi connectivity index (χ1) is 18.4. The molecule has 2 aliphatic rings. The van der Waals surface area contributed by atoms with Crippen molar-refractivity contribution in [2.75, 3.05) is 13.7 Å². The molecule has 210 valence electrons. The van der Waals surface area contributed by atoms with Crippen molar-refractivity contribution in [2.24, 2.45) is 5.73 Å². The van der Waals surface area contributed by atoms with Gasteiger partial charge in [0.25, 0.3) is 0 Å². The average Bonchev–Trinajstić information content (AvgIpc) is 2.90. The first-order valence-electron chi connectivity index (χ1n) is 12.5. The lowest BCUT2D eigenvalue weighted by Crippen LogP contribution is -2.52. The molecule has 3 aromatic carbocycles. The molecule has 4 unspecified atom stereocenters. The number of hydrogen-bond donors (Lipinski definition) is 8. The SMILES string of the molecule is COc1cccc2c(O)c3c(O)c4c(c(O)c3c(O)c12)[C@@H](OC1CC(N)C(O)C(C)O1)C[C@](O)(C(=O)CO)C4.